The number of hydrogen-bond donors (Lipinski definition) is 1. The van der Waals surface area contributed by atoms with E-state index in [0.29, 0.717) is 0 Å². The molecule has 60 valence electrons. The number of thiophene rings is 1. The van der Waals surface area contributed by atoms with Gasteiger partial charge in [0.2, 0.25) is 0 Å². The van der Waals surface area contributed by atoms with Gasteiger partial charge in [0, 0.05) is 13.1 Å². The van der Waals surface area contributed by atoms with Gasteiger partial charge in [0.05, 0.1) is 11.8 Å². The van der Waals surface area contributed by atoms with Crippen LogP contribution in [0.5, 0.6) is 0 Å². The van der Waals surface area contributed by atoms with Crippen molar-refractivity contribution in [2.75, 3.05) is 18.0 Å². The Balaban J connectivity index is 2.12. The van der Waals surface area contributed by atoms with Crippen molar-refractivity contribution < 1.29 is 5.11 Å². The van der Waals surface area contributed by atoms with Crippen LogP contribution in [0.1, 0.15) is 0 Å². The molecule has 0 amide bonds. The molecular weight excluding hydrogens is 182 g/mol. The van der Waals surface area contributed by atoms with Gasteiger partial charge >= 0.3 is 0 Å². The molecule has 1 N–H and O–H groups in total. The summed E-state index contributed by atoms with van der Waals surface area (Å²) in [6.07, 6.45) is -0.161. The molecule has 0 bridgehead atoms. The summed E-state index contributed by atoms with van der Waals surface area (Å²) in [6, 6.07) is 1.98. The average Bonchev–Trinajstić information content (AvgIpc) is 2.29. The van der Waals surface area contributed by atoms with Gasteiger partial charge in [-0.1, -0.05) is 11.6 Å². The lowest BCUT2D eigenvalue weighted by molar-refractivity contribution is 0.142. The summed E-state index contributed by atoms with van der Waals surface area (Å²) in [4.78, 5) is 2.07. The summed E-state index contributed by atoms with van der Waals surface area (Å²) in [6.45, 7) is 1.44. The first-order chi connectivity index (χ1) is 5.27. The third-order valence-corrected chi connectivity index (χ3v) is 2.95. The Labute approximate surface area is 74.0 Å². The van der Waals surface area contributed by atoms with Crippen molar-refractivity contribution in [2.45, 2.75) is 6.10 Å². The fraction of sp³-hybridized carbons (Fsp3) is 0.429. The molecule has 0 aromatic carbocycles. The van der Waals surface area contributed by atoms with Crippen molar-refractivity contribution >= 4 is 28.6 Å². The van der Waals surface area contributed by atoms with Gasteiger partial charge in [0.15, 0.2) is 0 Å². The molecule has 2 rings (SSSR count). The summed E-state index contributed by atoms with van der Waals surface area (Å²) in [5.41, 5.74) is 1.06. The van der Waals surface area contributed by atoms with Crippen molar-refractivity contribution in [3.05, 3.63) is 15.8 Å². The van der Waals surface area contributed by atoms with E-state index in [-0.39, 0.29) is 6.10 Å². The number of aliphatic hydroxyl groups is 1. The summed E-state index contributed by atoms with van der Waals surface area (Å²) in [7, 11) is 0. The van der Waals surface area contributed by atoms with Crippen LogP contribution in [0.15, 0.2) is 11.4 Å². The van der Waals surface area contributed by atoms with Gasteiger partial charge < -0.3 is 10.0 Å². The zero-order chi connectivity index (χ0) is 7.84. The van der Waals surface area contributed by atoms with Crippen LogP contribution in [0.4, 0.5) is 5.69 Å². The Hall–Kier alpha value is -0.250. The van der Waals surface area contributed by atoms with Crippen LogP contribution < -0.4 is 4.90 Å². The van der Waals surface area contributed by atoms with Crippen LogP contribution in [0, 0.1) is 0 Å². The van der Waals surface area contributed by atoms with E-state index in [1.807, 2.05) is 11.4 Å². The standard InChI is InChI=1S/C7H8ClNOS/c8-7-6(1-2-11-7)9-3-5(10)4-9/h1-2,5,10H,3-4H2. The number of anilines is 1. The zero-order valence-corrected chi connectivity index (χ0v) is 7.40. The van der Waals surface area contributed by atoms with E-state index < -0.39 is 0 Å². The van der Waals surface area contributed by atoms with Gasteiger partial charge in [0.1, 0.15) is 4.34 Å². The summed E-state index contributed by atoms with van der Waals surface area (Å²) >= 11 is 7.42. The highest BCUT2D eigenvalue weighted by molar-refractivity contribution is 7.15. The molecule has 0 aliphatic carbocycles. The first-order valence-electron chi connectivity index (χ1n) is 3.43. The van der Waals surface area contributed by atoms with Crippen LogP contribution in [0.25, 0.3) is 0 Å². The van der Waals surface area contributed by atoms with Gasteiger partial charge in [0.25, 0.3) is 0 Å². The molecule has 4 heteroatoms. The highest BCUT2D eigenvalue weighted by Gasteiger charge is 2.26. The van der Waals surface area contributed by atoms with E-state index in [1.165, 1.54) is 11.3 Å². The fourth-order valence-electron chi connectivity index (χ4n) is 1.17. The third-order valence-electron chi connectivity index (χ3n) is 1.80. The molecule has 1 saturated heterocycles. The lowest BCUT2D eigenvalue weighted by Gasteiger charge is -2.37. The van der Waals surface area contributed by atoms with E-state index in [0.717, 1.165) is 23.1 Å². The molecule has 1 fully saturated rings. The number of rotatable bonds is 1. The van der Waals surface area contributed by atoms with Gasteiger partial charge in [-0.05, 0) is 11.4 Å². The molecule has 0 unspecified atom stereocenters. The Morgan fingerprint density at radius 3 is 2.82 bits per heavy atom. The molecular formula is C7H8ClNOS. The third kappa shape index (κ3) is 1.24. The Kier molecular flexibility index (Phi) is 1.79. The molecule has 1 aliphatic heterocycles. The maximum Gasteiger partial charge on any atom is 0.116 e. The summed E-state index contributed by atoms with van der Waals surface area (Å²) in [5, 5.41) is 11.0. The van der Waals surface area contributed by atoms with Crippen LogP contribution in [-0.4, -0.2) is 24.3 Å². The van der Waals surface area contributed by atoms with Crippen LogP contribution in [-0.2, 0) is 0 Å². The maximum absolute atomic E-state index is 9.03. The summed E-state index contributed by atoms with van der Waals surface area (Å²) < 4.78 is 0.817. The van der Waals surface area contributed by atoms with Crippen molar-refractivity contribution in [1.82, 2.24) is 0 Å². The van der Waals surface area contributed by atoms with Crippen molar-refractivity contribution in [3.63, 3.8) is 0 Å². The van der Waals surface area contributed by atoms with E-state index in [1.54, 1.807) is 0 Å². The molecule has 1 aromatic rings. The molecule has 0 saturated carbocycles. The Bertz CT molecular complexity index is 257. The Morgan fingerprint density at radius 2 is 2.36 bits per heavy atom. The minimum absolute atomic E-state index is 0.161. The zero-order valence-electron chi connectivity index (χ0n) is 5.83. The van der Waals surface area contributed by atoms with Gasteiger partial charge in [-0.2, -0.15) is 0 Å². The first-order valence-corrected chi connectivity index (χ1v) is 4.69. The van der Waals surface area contributed by atoms with Crippen molar-refractivity contribution in [2.24, 2.45) is 0 Å². The minimum Gasteiger partial charge on any atom is -0.389 e. The highest BCUT2D eigenvalue weighted by atomic mass is 35.5. The molecule has 0 spiro atoms. The average molecular weight is 190 g/mol. The lowest BCUT2D eigenvalue weighted by atomic mass is 10.1. The minimum atomic E-state index is -0.161. The number of nitrogens with zero attached hydrogens (tertiary/aromatic N) is 1. The topological polar surface area (TPSA) is 23.5 Å². The van der Waals surface area contributed by atoms with Gasteiger partial charge in [-0.3, -0.25) is 0 Å². The van der Waals surface area contributed by atoms with Gasteiger partial charge in [-0.15, -0.1) is 11.3 Å². The predicted molar refractivity (Wildman–Crippen MR) is 47.5 cm³/mol. The molecule has 1 aliphatic rings. The van der Waals surface area contributed by atoms with E-state index in [9.17, 15) is 0 Å². The van der Waals surface area contributed by atoms with Crippen LogP contribution in [0.2, 0.25) is 4.34 Å². The number of halogens is 1. The van der Waals surface area contributed by atoms with Crippen LogP contribution >= 0.6 is 22.9 Å². The molecule has 11 heavy (non-hydrogen) atoms. The Morgan fingerprint density at radius 1 is 1.64 bits per heavy atom. The predicted octanol–water partition coefficient (Wildman–Crippen LogP) is 1.58. The normalized spacial score (nSPS) is 18.5. The number of β-amino-alcohol motifs (C(OH)–C–C–N with tert-alkyl or cyclic N) is 1. The largest absolute Gasteiger partial charge is 0.389 e. The smallest absolute Gasteiger partial charge is 0.116 e. The molecule has 0 atom stereocenters. The number of aliphatic hydroxyl groups excluding tert-OH is 1. The quantitative estimate of drug-likeness (QED) is 0.725. The fourth-order valence-corrected chi connectivity index (χ4v) is 2.14. The van der Waals surface area contributed by atoms with E-state index in [2.05, 4.69) is 4.90 Å². The van der Waals surface area contributed by atoms with Crippen molar-refractivity contribution in [3.8, 4) is 0 Å². The second-order valence-corrected chi connectivity index (χ2v) is 4.16. The van der Waals surface area contributed by atoms with Gasteiger partial charge in [-0.25, -0.2) is 0 Å². The molecule has 0 radical (unpaired) electrons. The number of hydrogen-bond acceptors (Lipinski definition) is 3. The molecule has 2 nitrogen and oxygen atoms in total. The second-order valence-electron chi connectivity index (χ2n) is 2.64. The van der Waals surface area contributed by atoms with E-state index in [4.69, 9.17) is 16.7 Å². The lowest BCUT2D eigenvalue weighted by Crippen LogP contribution is -2.50. The van der Waals surface area contributed by atoms with Crippen molar-refractivity contribution in [1.29, 1.82) is 0 Å². The monoisotopic (exact) mass is 189 g/mol. The summed E-state index contributed by atoms with van der Waals surface area (Å²) in [5.74, 6) is 0. The molecule has 1 aromatic heterocycles. The van der Waals surface area contributed by atoms with Crippen LogP contribution in [0.3, 0.4) is 0 Å². The SMILES string of the molecule is OC1CN(c2ccsc2Cl)C1. The highest BCUT2D eigenvalue weighted by Crippen LogP contribution is 2.33. The molecule has 2 heterocycles. The maximum atomic E-state index is 9.03. The second kappa shape index (κ2) is 2.66. The van der Waals surface area contributed by atoms with E-state index >= 15 is 0 Å². The first kappa shape index (κ1) is 7.40.